The van der Waals surface area contributed by atoms with Crippen molar-refractivity contribution >= 4 is 11.8 Å². The number of hydrogen-bond acceptors (Lipinski definition) is 7. The molecule has 0 saturated carbocycles. The number of piperidine rings is 1. The van der Waals surface area contributed by atoms with Gasteiger partial charge in [-0.15, -0.1) is 0 Å². The molecule has 0 aliphatic carbocycles. The second-order valence-electron chi connectivity index (χ2n) is 8.17. The quantitative estimate of drug-likeness (QED) is 0.500. The number of esters is 1. The Bertz CT molecular complexity index is 964. The lowest BCUT2D eigenvalue weighted by Gasteiger charge is -2.45. The molecule has 4 rings (SSSR count). The molecular formula is C24H28N2O5. The molecule has 0 amide bonds. The summed E-state index contributed by atoms with van der Waals surface area (Å²) in [5.74, 6) is 0.368. The Morgan fingerprint density at radius 1 is 1.13 bits per heavy atom. The van der Waals surface area contributed by atoms with E-state index in [-0.39, 0.29) is 24.3 Å². The zero-order chi connectivity index (χ0) is 22.0. The largest absolute Gasteiger partial charge is 0.493 e. The van der Waals surface area contributed by atoms with Crippen molar-refractivity contribution in [2.24, 2.45) is 5.41 Å². The van der Waals surface area contributed by atoms with Crippen LogP contribution in [0, 0.1) is 5.41 Å². The molecule has 0 unspecified atom stereocenters. The number of fused-ring (bicyclic) bond motifs is 2. The van der Waals surface area contributed by atoms with Crippen LogP contribution in [0.4, 0.5) is 0 Å². The van der Waals surface area contributed by atoms with Gasteiger partial charge in [0.05, 0.1) is 27.0 Å². The van der Waals surface area contributed by atoms with Gasteiger partial charge < -0.3 is 14.2 Å². The summed E-state index contributed by atoms with van der Waals surface area (Å²) in [6, 6.07) is 11.7. The number of aromatic nitrogens is 1. The van der Waals surface area contributed by atoms with Crippen LogP contribution in [0.15, 0.2) is 42.6 Å². The molecule has 2 fully saturated rings. The van der Waals surface area contributed by atoms with Gasteiger partial charge in [0.25, 0.3) is 0 Å². The van der Waals surface area contributed by atoms with E-state index >= 15 is 0 Å². The second kappa shape index (κ2) is 8.67. The highest BCUT2D eigenvalue weighted by Gasteiger charge is 2.61. The summed E-state index contributed by atoms with van der Waals surface area (Å²) in [5.41, 5.74) is 0.346. The fourth-order valence-corrected chi connectivity index (χ4v) is 5.26. The number of benzene rings is 1. The number of nitrogens with zero attached hydrogens (tertiary/aromatic N) is 2. The number of Topliss-reactive ketones (excluding diaryl/α,β-unsaturated/α-hetero) is 1. The van der Waals surface area contributed by atoms with Crippen LogP contribution in [-0.2, 0) is 27.3 Å². The van der Waals surface area contributed by atoms with Crippen molar-refractivity contribution in [3.63, 3.8) is 0 Å². The van der Waals surface area contributed by atoms with Crippen LogP contribution in [0.1, 0.15) is 30.5 Å². The Morgan fingerprint density at radius 2 is 1.90 bits per heavy atom. The van der Waals surface area contributed by atoms with Crippen molar-refractivity contribution in [1.29, 1.82) is 0 Å². The highest BCUT2D eigenvalue weighted by atomic mass is 16.5. The van der Waals surface area contributed by atoms with Gasteiger partial charge in [-0.2, -0.15) is 0 Å². The molecule has 2 aliphatic heterocycles. The molecule has 1 aromatic heterocycles. The van der Waals surface area contributed by atoms with Crippen molar-refractivity contribution in [3.05, 3.63) is 53.9 Å². The van der Waals surface area contributed by atoms with Gasteiger partial charge in [-0.05, 0) is 18.4 Å². The van der Waals surface area contributed by atoms with Crippen LogP contribution in [0.2, 0.25) is 0 Å². The van der Waals surface area contributed by atoms with Gasteiger partial charge in [0, 0.05) is 43.7 Å². The number of ether oxygens (including phenoxy) is 3. The third-order valence-corrected chi connectivity index (χ3v) is 6.70. The van der Waals surface area contributed by atoms with E-state index in [1.165, 1.54) is 14.2 Å². The molecule has 2 aromatic rings. The molecule has 7 nitrogen and oxygen atoms in total. The smallest absolute Gasteiger partial charge is 0.321 e. The Balaban J connectivity index is 1.77. The van der Waals surface area contributed by atoms with Gasteiger partial charge in [0.15, 0.2) is 17.3 Å². The summed E-state index contributed by atoms with van der Waals surface area (Å²) in [6.07, 6.45) is 3.68. The molecule has 2 aliphatic rings. The Labute approximate surface area is 182 Å². The van der Waals surface area contributed by atoms with Gasteiger partial charge in [0.2, 0.25) is 0 Å². The minimum Gasteiger partial charge on any atom is -0.493 e. The lowest BCUT2D eigenvalue weighted by atomic mass is 9.69. The van der Waals surface area contributed by atoms with Crippen LogP contribution in [0.3, 0.4) is 0 Å². The van der Waals surface area contributed by atoms with Crippen LogP contribution >= 0.6 is 0 Å². The normalized spacial score (nSPS) is 25.3. The van der Waals surface area contributed by atoms with E-state index in [1.54, 1.807) is 19.4 Å². The van der Waals surface area contributed by atoms with Crippen molar-refractivity contribution in [3.8, 4) is 11.5 Å². The predicted molar refractivity (Wildman–Crippen MR) is 114 cm³/mol. The number of pyridine rings is 1. The molecule has 164 valence electrons. The molecule has 2 bridgehead atoms. The molecule has 0 radical (unpaired) electrons. The summed E-state index contributed by atoms with van der Waals surface area (Å²) in [7, 11) is 4.42. The van der Waals surface area contributed by atoms with Gasteiger partial charge in [-0.1, -0.05) is 30.3 Å². The van der Waals surface area contributed by atoms with Gasteiger partial charge in [-0.3, -0.25) is 19.5 Å². The van der Waals surface area contributed by atoms with Crippen molar-refractivity contribution in [1.82, 2.24) is 9.88 Å². The van der Waals surface area contributed by atoms with E-state index in [0.717, 1.165) is 18.4 Å². The fraction of sp³-hybridized carbons (Fsp3) is 0.458. The van der Waals surface area contributed by atoms with Gasteiger partial charge in [-0.25, -0.2) is 0 Å². The average Bonchev–Trinajstić information content (AvgIpc) is 3.11. The van der Waals surface area contributed by atoms with E-state index in [1.807, 2.05) is 18.2 Å². The van der Waals surface area contributed by atoms with E-state index in [2.05, 4.69) is 22.0 Å². The predicted octanol–water partition coefficient (Wildman–Crippen LogP) is 2.81. The summed E-state index contributed by atoms with van der Waals surface area (Å²) >= 11 is 0. The molecule has 3 atom stereocenters. The standard InChI is InChI=1S/C24H28N2O5/c1-29-19-11-12-25-18(22(19)30-2)14-24(23(28)31-3)20-10-9-17(13-21(24)27)26(20)15-16-7-5-4-6-8-16/h4-8,11-12,17,20H,9-10,13-15H2,1-3H3/t17-,20+,24+/m1/s1. The number of rotatable bonds is 7. The molecule has 1 aromatic carbocycles. The minimum absolute atomic E-state index is 0.0807. The van der Waals surface area contributed by atoms with Crippen LogP contribution in [-0.4, -0.2) is 55.0 Å². The summed E-state index contributed by atoms with van der Waals surface area (Å²) < 4.78 is 16.2. The molecule has 2 saturated heterocycles. The summed E-state index contributed by atoms with van der Waals surface area (Å²) in [5, 5.41) is 0. The van der Waals surface area contributed by atoms with Crippen molar-refractivity contribution < 1.29 is 23.8 Å². The van der Waals surface area contributed by atoms with Crippen molar-refractivity contribution in [2.45, 2.75) is 44.3 Å². The highest BCUT2D eigenvalue weighted by Crippen LogP contribution is 2.49. The number of hydrogen-bond donors (Lipinski definition) is 0. The monoisotopic (exact) mass is 424 g/mol. The van der Waals surface area contributed by atoms with Crippen LogP contribution in [0.5, 0.6) is 11.5 Å². The molecule has 0 N–H and O–H groups in total. The van der Waals surface area contributed by atoms with E-state index in [4.69, 9.17) is 14.2 Å². The van der Waals surface area contributed by atoms with E-state index in [9.17, 15) is 9.59 Å². The zero-order valence-electron chi connectivity index (χ0n) is 18.2. The number of carbonyl (C=O) groups is 2. The Morgan fingerprint density at radius 3 is 2.58 bits per heavy atom. The highest BCUT2D eigenvalue weighted by molar-refractivity contribution is 6.06. The first kappa shape index (κ1) is 21.3. The van der Waals surface area contributed by atoms with Gasteiger partial charge >= 0.3 is 5.97 Å². The number of methoxy groups -OCH3 is 3. The maximum atomic E-state index is 13.5. The topological polar surface area (TPSA) is 78.0 Å². The third kappa shape index (κ3) is 3.57. The van der Waals surface area contributed by atoms with Crippen LogP contribution < -0.4 is 9.47 Å². The van der Waals surface area contributed by atoms with Crippen LogP contribution in [0.25, 0.3) is 0 Å². The summed E-state index contributed by atoms with van der Waals surface area (Å²) in [4.78, 5) is 33.5. The third-order valence-electron chi connectivity index (χ3n) is 6.70. The fourth-order valence-electron chi connectivity index (χ4n) is 5.26. The van der Waals surface area contributed by atoms with Crippen molar-refractivity contribution in [2.75, 3.05) is 21.3 Å². The second-order valence-corrected chi connectivity index (χ2v) is 8.17. The summed E-state index contributed by atoms with van der Waals surface area (Å²) in [6.45, 7) is 0.685. The molecule has 3 heterocycles. The first-order valence-electron chi connectivity index (χ1n) is 10.5. The SMILES string of the molecule is COC(=O)[C@]1(Cc2nccc(OC)c2OC)C(=O)C[C@H]2CC[C@@H]1N2Cc1ccccc1. The zero-order valence-corrected chi connectivity index (χ0v) is 18.2. The molecule has 7 heteroatoms. The first-order valence-corrected chi connectivity index (χ1v) is 10.5. The molecule has 0 spiro atoms. The maximum absolute atomic E-state index is 13.5. The number of ketones is 1. The molecule has 31 heavy (non-hydrogen) atoms. The Hall–Kier alpha value is -2.93. The lowest BCUT2D eigenvalue weighted by Crippen LogP contribution is -2.61. The molecular weight excluding hydrogens is 396 g/mol. The maximum Gasteiger partial charge on any atom is 0.321 e. The first-order chi connectivity index (χ1) is 15.0. The van der Waals surface area contributed by atoms with E-state index in [0.29, 0.717) is 30.2 Å². The van der Waals surface area contributed by atoms with E-state index < -0.39 is 11.4 Å². The number of carbonyl (C=O) groups excluding carboxylic acids is 2. The Kier molecular flexibility index (Phi) is 5.96. The average molecular weight is 424 g/mol. The van der Waals surface area contributed by atoms with Gasteiger partial charge in [0.1, 0.15) is 5.41 Å². The minimum atomic E-state index is -1.33. The lowest BCUT2D eigenvalue weighted by molar-refractivity contribution is -0.167.